The van der Waals surface area contributed by atoms with Gasteiger partial charge in [-0.2, -0.15) is 0 Å². The molecule has 3 rings (SSSR count). The van der Waals surface area contributed by atoms with Crippen molar-refractivity contribution in [2.45, 2.75) is 32.2 Å². The Hall–Kier alpha value is -2.36. The van der Waals surface area contributed by atoms with Crippen LogP contribution in [0.4, 0.5) is 11.6 Å². The van der Waals surface area contributed by atoms with E-state index >= 15 is 0 Å². The van der Waals surface area contributed by atoms with Gasteiger partial charge in [-0.15, -0.1) is 0 Å². The number of pyridine rings is 1. The molecule has 4 nitrogen and oxygen atoms in total. The van der Waals surface area contributed by atoms with E-state index in [0.717, 1.165) is 12.2 Å². The Kier molecular flexibility index (Phi) is 3.84. The van der Waals surface area contributed by atoms with Crippen LogP contribution >= 0.6 is 0 Å². The van der Waals surface area contributed by atoms with Crippen LogP contribution in [-0.4, -0.2) is 17.9 Å². The third-order valence-electron chi connectivity index (χ3n) is 4.30. The number of hydrogen-bond donors (Lipinski definition) is 1. The van der Waals surface area contributed by atoms with Gasteiger partial charge in [0.2, 0.25) is 5.91 Å². The molecule has 1 aromatic carbocycles. The first-order chi connectivity index (χ1) is 10.6. The summed E-state index contributed by atoms with van der Waals surface area (Å²) in [6, 6.07) is 14.8. The second-order valence-corrected chi connectivity index (χ2v) is 5.96. The van der Waals surface area contributed by atoms with E-state index in [1.807, 2.05) is 12.1 Å². The van der Waals surface area contributed by atoms with Crippen molar-refractivity contribution in [3.8, 4) is 0 Å². The van der Waals surface area contributed by atoms with Gasteiger partial charge in [0.05, 0.1) is 6.04 Å². The summed E-state index contributed by atoms with van der Waals surface area (Å²) in [6.45, 7) is 3.74. The van der Waals surface area contributed by atoms with Crippen LogP contribution in [0.5, 0.6) is 0 Å². The molecular formula is C18H21N3O. The predicted molar refractivity (Wildman–Crippen MR) is 89.2 cm³/mol. The molecule has 0 fully saturated rings. The number of hydrogen-bond acceptors (Lipinski definition) is 3. The molecule has 1 amide bonds. The molecule has 0 radical (unpaired) electrons. The van der Waals surface area contributed by atoms with E-state index < -0.39 is 0 Å². The molecule has 2 heterocycles. The molecule has 0 bridgehead atoms. The second kappa shape index (κ2) is 5.79. The van der Waals surface area contributed by atoms with E-state index in [-0.39, 0.29) is 5.91 Å². The summed E-state index contributed by atoms with van der Waals surface area (Å²) in [5, 5.41) is 2.77. The Morgan fingerprint density at radius 2 is 1.95 bits per heavy atom. The van der Waals surface area contributed by atoms with Crippen molar-refractivity contribution in [3.63, 3.8) is 0 Å². The summed E-state index contributed by atoms with van der Waals surface area (Å²) >= 11 is 0. The Morgan fingerprint density at radius 3 is 2.64 bits per heavy atom. The average molecular weight is 295 g/mol. The van der Waals surface area contributed by atoms with Crippen molar-refractivity contribution in [2.24, 2.45) is 0 Å². The summed E-state index contributed by atoms with van der Waals surface area (Å²) in [4.78, 5) is 18.1. The number of aromatic nitrogens is 1. The largest absolute Gasteiger partial charge is 0.352 e. The first-order valence-corrected chi connectivity index (χ1v) is 7.62. The smallest absolute Gasteiger partial charge is 0.222 e. The van der Waals surface area contributed by atoms with Crippen LogP contribution in [0.1, 0.15) is 43.4 Å². The highest BCUT2D eigenvalue weighted by Gasteiger charge is 2.30. The fourth-order valence-electron chi connectivity index (χ4n) is 3.18. The topological polar surface area (TPSA) is 45.2 Å². The number of nitrogens with one attached hydrogen (secondary N) is 1. The Labute approximate surface area is 131 Å². The quantitative estimate of drug-likeness (QED) is 0.918. The number of amides is 1. The van der Waals surface area contributed by atoms with Crippen LogP contribution in [0.2, 0.25) is 0 Å². The number of rotatable bonds is 2. The highest BCUT2D eigenvalue weighted by molar-refractivity contribution is 5.87. The lowest BCUT2D eigenvalue weighted by molar-refractivity contribution is -0.114. The number of benzene rings is 1. The minimum Gasteiger partial charge on any atom is -0.352 e. The van der Waals surface area contributed by atoms with Crippen molar-refractivity contribution >= 4 is 17.5 Å². The summed E-state index contributed by atoms with van der Waals surface area (Å²) in [5.41, 5.74) is 2.54. The standard InChI is InChI=1S/C18H21N3O/c1-12-11-16(14-7-5-4-6-8-14)21(3)18-15(12)9-10-17(20-18)19-13(2)22/h4-10,12,16H,11H2,1-3H3,(H,19,20,22). The zero-order valence-corrected chi connectivity index (χ0v) is 13.2. The molecule has 2 atom stereocenters. The van der Waals surface area contributed by atoms with Crippen LogP contribution in [-0.2, 0) is 4.79 Å². The SMILES string of the molecule is CC(=O)Nc1ccc2c(n1)N(C)C(c1ccccc1)CC2C. The number of carbonyl (C=O) groups excluding carboxylic acids is 1. The fraction of sp³-hybridized carbons (Fsp3) is 0.333. The molecular weight excluding hydrogens is 274 g/mol. The number of fused-ring (bicyclic) bond motifs is 1. The first-order valence-electron chi connectivity index (χ1n) is 7.62. The lowest BCUT2D eigenvalue weighted by Crippen LogP contribution is -2.32. The molecule has 1 aromatic heterocycles. The van der Waals surface area contributed by atoms with Gasteiger partial charge >= 0.3 is 0 Å². The van der Waals surface area contributed by atoms with Gasteiger partial charge in [-0.1, -0.05) is 43.3 Å². The molecule has 1 N–H and O–H groups in total. The minimum atomic E-state index is -0.0985. The Balaban J connectivity index is 1.99. The maximum Gasteiger partial charge on any atom is 0.222 e. The maximum atomic E-state index is 11.2. The van der Waals surface area contributed by atoms with Crippen molar-refractivity contribution in [3.05, 3.63) is 53.6 Å². The van der Waals surface area contributed by atoms with Crippen LogP contribution < -0.4 is 10.2 Å². The predicted octanol–water partition coefficient (Wildman–Crippen LogP) is 3.72. The van der Waals surface area contributed by atoms with Crippen LogP contribution in [0, 0.1) is 0 Å². The zero-order valence-electron chi connectivity index (χ0n) is 13.2. The second-order valence-electron chi connectivity index (χ2n) is 5.96. The van der Waals surface area contributed by atoms with E-state index in [2.05, 4.69) is 59.5 Å². The van der Waals surface area contributed by atoms with Gasteiger partial charge in [0.15, 0.2) is 0 Å². The summed E-state index contributed by atoms with van der Waals surface area (Å²) in [6.07, 6.45) is 1.06. The highest BCUT2D eigenvalue weighted by Crippen LogP contribution is 2.42. The van der Waals surface area contributed by atoms with Gasteiger partial charge < -0.3 is 10.2 Å². The summed E-state index contributed by atoms with van der Waals surface area (Å²) in [7, 11) is 2.08. The Bertz CT molecular complexity index is 684. The van der Waals surface area contributed by atoms with Gasteiger partial charge in [-0.3, -0.25) is 4.79 Å². The van der Waals surface area contributed by atoms with Crippen molar-refractivity contribution in [1.82, 2.24) is 4.98 Å². The molecule has 22 heavy (non-hydrogen) atoms. The average Bonchev–Trinajstić information content (AvgIpc) is 2.51. The summed E-state index contributed by atoms with van der Waals surface area (Å²) in [5.74, 6) is 1.91. The third-order valence-corrected chi connectivity index (χ3v) is 4.30. The number of nitrogens with zero attached hydrogens (tertiary/aromatic N) is 2. The van der Waals surface area contributed by atoms with E-state index in [1.165, 1.54) is 18.1 Å². The van der Waals surface area contributed by atoms with E-state index in [0.29, 0.717) is 17.8 Å². The highest BCUT2D eigenvalue weighted by atomic mass is 16.1. The molecule has 4 heteroatoms. The molecule has 0 saturated carbocycles. The summed E-state index contributed by atoms with van der Waals surface area (Å²) < 4.78 is 0. The maximum absolute atomic E-state index is 11.2. The zero-order chi connectivity index (χ0) is 15.7. The lowest BCUT2D eigenvalue weighted by Gasteiger charge is -2.38. The molecule has 0 saturated heterocycles. The molecule has 0 aliphatic carbocycles. The van der Waals surface area contributed by atoms with E-state index in [9.17, 15) is 4.79 Å². The monoisotopic (exact) mass is 295 g/mol. The molecule has 2 unspecified atom stereocenters. The van der Waals surface area contributed by atoms with Crippen LogP contribution in [0.15, 0.2) is 42.5 Å². The molecule has 114 valence electrons. The minimum absolute atomic E-state index is 0.0985. The number of carbonyl (C=O) groups is 1. The van der Waals surface area contributed by atoms with Gasteiger partial charge in [-0.05, 0) is 29.5 Å². The van der Waals surface area contributed by atoms with Crippen molar-refractivity contribution in [1.29, 1.82) is 0 Å². The van der Waals surface area contributed by atoms with Crippen molar-refractivity contribution in [2.75, 3.05) is 17.3 Å². The molecule has 1 aliphatic rings. The lowest BCUT2D eigenvalue weighted by atomic mass is 9.86. The fourth-order valence-corrected chi connectivity index (χ4v) is 3.18. The van der Waals surface area contributed by atoms with Gasteiger partial charge in [-0.25, -0.2) is 4.98 Å². The molecule has 1 aliphatic heterocycles. The van der Waals surface area contributed by atoms with Crippen LogP contribution in [0.3, 0.4) is 0 Å². The van der Waals surface area contributed by atoms with Gasteiger partial charge in [0.25, 0.3) is 0 Å². The molecule has 2 aromatic rings. The third kappa shape index (κ3) is 2.69. The first kappa shape index (κ1) is 14.6. The van der Waals surface area contributed by atoms with Gasteiger partial charge in [0.1, 0.15) is 11.6 Å². The molecule has 0 spiro atoms. The number of anilines is 2. The van der Waals surface area contributed by atoms with Crippen molar-refractivity contribution < 1.29 is 4.79 Å². The van der Waals surface area contributed by atoms with E-state index in [1.54, 1.807) is 0 Å². The van der Waals surface area contributed by atoms with Gasteiger partial charge in [0, 0.05) is 14.0 Å². The normalized spacial score (nSPS) is 20.4. The Morgan fingerprint density at radius 1 is 1.23 bits per heavy atom. The van der Waals surface area contributed by atoms with Crippen LogP contribution in [0.25, 0.3) is 0 Å². The van der Waals surface area contributed by atoms with E-state index in [4.69, 9.17) is 0 Å².